The molecular formula is C12H20N4O2. The Morgan fingerprint density at radius 3 is 3.00 bits per heavy atom. The van der Waals surface area contributed by atoms with Gasteiger partial charge in [-0.05, 0) is 18.3 Å². The van der Waals surface area contributed by atoms with Gasteiger partial charge in [0.25, 0.3) is 0 Å². The SMILES string of the molecule is CC1(C)CCCC1NCCn1cc(C(=O)O)nn1. The van der Waals surface area contributed by atoms with Crippen LogP contribution in [0.4, 0.5) is 0 Å². The van der Waals surface area contributed by atoms with Crippen LogP contribution >= 0.6 is 0 Å². The third-order valence-electron chi connectivity index (χ3n) is 3.75. The first kappa shape index (κ1) is 13.0. The van der Waals surface area contributed by atoms with E-state index in [-0.39, 0.29) is 5.69 Å². The molecule has 0 amide bonds. The Balaban J connectivity index is 1.79. The number of carbonyl (C=O) groups is 1. The van der Waals surface area contributed by atoms with Crippen molar-refractivity contribution in [2.75, 3.05) is 6.54 Å². The molecule has 1 atom stereocenters. The molecule has 2 rings (SSSR count). The highest BCUT2D eigenvalue weighted by atomic mass is 16.4. The summed E-state index contributed by atoms with van der Waals surface area (Å²) in [6, 6.07) is 0.542. The summed E-state index contributed by atoms with van der Waals surface area (Å²) in [6.45, 7) is 6.01. The molecule has 1 aliphatic rings. The van der Waals surface area contributed by atoms with Gasteiger partial charge in [-0.15, -0.1) is 5.10 Å². The van der Waals surface area contributed by atoms with Crippen LogP contribution in [0, 0.1) is 5.41 Å². The molecule has 18 heavy (non-hydrogen) atoms. The number of aromatic nitrogens is 3. The third kappa shape index (κ3) is 2.87. The molecule has 1 fully saturated rings. The number of hydrogen-bond acceptors (Lipinski definition) is 4. The molecule has 0 aliphatic heterocycles. The molecule has 2 N–H and O–H groups in total. The number of hydrogen-bond donors (Lipinski definition) is 2. The summed E-state index contributed by atoms with van der Waals surface area (Å²) < 4.78 is 1.57. The maximum absolute atomic E-state index is 10.7. The average Bonchev–Trinajstić information content (AvgIpc) is 2.86. The average molecular weight is 252 g/mol. The van der Waals surface area contributed by atoms with Crippen LogP contribution in [0.1, 0.15) is 43.6 Å². The molecule has 1 saturated carbocycles. The summed E-state index contributed by atoms with van der Waals surface area (Å²) in [4.78, 5) is 10.7. The van der Waals surface area contributed by atoms with Gasteiger partial charge in [-0.2, -0.15) is 0 Å². The second-order valence-corrected chi connectivity index (χ2v) is 5.56. The van der Waals surface area contributed by atoms with Crippen LogP contribution in [0.3, 0.4) is 0 Å². The number of nitrogens with one attached hydrogen (secondary N) is 1. The van der Waals surface area contributed by atoms with Gasteiger partial charge in [0.15, 0.2) is 5.69 Å². The Morgan fingerprint density at radius 1 is 1.67 bits per heavy atom. The fourth-order valence-electron chi connectivity index (χ4n) is 2.56. The number of nitrogens with zero attached hydrogens (tertiary/aromatic N) is 3. The van der Waals surface area contributed by atoms with Crippen molar-refractivity contribution in [1.29, 1.82) is 0 Å². The van der Waals surface area contributed by atoms with Gasteiger partial charge in [-0.1, -0.05) is 25.5 Å². The maximum atomic E-state index is 10.7. The van der Waals surface area contributed by atoms with Crippen molar-refractivity contribution in [3.8, 4) is 0 Å². The smallest absolute Gasteiger partial charge is 0.358 e. The van der Waals surface area contributed by atoms with Crippen LogP contribution in [0.5, 0.6) is 0 Å². The summed E-state index contributed by atoms with van der Waals surface area (Å²) in [6.07, 6.45) is 5.21. The van der Waals surface area contributed by atoms with E-state index >= 15 is 0 Å². The molecule has 1 aliphatic carbocycles. The predicted molar refractivity (Wildman–Crippen MR) is 66.4 cm³/mol. The van der Waals surface area contributed by atoms with E-state index in [1.54, 1.807) is 4.68 Å². The Bertz CT molecular complexity index is 427. The van der Waals surface area contributed by atoms with Crippen LogP contribution in [0.15, 0.2) is 6.20 Å². The van der Waals surface area contributed by atoms with Gasteiger partial charge >= 0.3 is 5.97 Å². The fraction of sp³-hybridized carbons (Fsp3) is 0.750. The van der Waals surface area contributed by atoms with E-state index in [0.29, 0.717) is 18.0 Å². The predicted octanol–water partition coefficient (Wildman–Crippen LogP) is 1.14. The van der Waals surface area contributed by atoms with E-state index in [1.165, 1.54) is 25.5 Å². The molecule has 1 unspecified atom stereocenters. The van der Waals surface area contributed by atoms with E-state index in [9.17, 15) is 4.79 Å². The van der Waals surface area contributed by atoms with E-state index in [0.717, 1.165) is 6.54 Å². The Kier molecular flexibility index (Phi) is 3.65. The van der Waals surface area contributed by atoms with Gasteiger partial charge in [0.1, 0.15) is 0 Å². The van der Waals surface area contributed by atoms with Crippen molar-refractivity contribution in [3.63, 3.8) is 0 Å². The molecule has 0 radical (unpaired) electrons. The number of aromatic carboxylic acids is 1. The second kappa shape index (κ2) is 5.06. The van der Waals surface area contributed by atoms with E-state index in [4.69, 9.17) is 5.11 Å². The first-order chi connectivity index (χ1) is 8.49. The molecule has 6 heteroatoms. The third-order valence-corrected chi connectivity index (χ3v) is 3.75. The summed E-state index contributed by atoms with van der Waals surface area (Å²) >= 11 is 0. The minimum absolute atomic E-state index is 0.00352. The monoisotopic (exact) mass is 252 g/mol. The highest BCUT2D eigenvalue weighted by molar-refractivity contribution is 5.84. The highest BCUT2D eigenvalue weighted by Gasteiger charge is 2.33. The van der Waals surface area contributed by atoms with Crippen LogP contribution in [-0.2, 0) is 6.54 Å². The van der Waals surface area contributed by atoms with Crippen molar-refractivity contribution < 1.29 is 9.90 Å². The molecule has 1 aromatic heterocycles. The first-order valence-corrected chi connectivity index (χ1v) is 6.36. The molecule has 100 valence electrons. The normalized spacial score (nSPS) is 22.2. The summed E-state index contributed by atoms with van der Waals surface area (Å²) in [5.41, 5.74) is 0.352. The molecule has 0 aromatic carbocycles. The van der Waals surface area contributed by atoms with Gasteiger partial charge in [-0.3, -0.25) is 4.68 Å². The molecule has 1 aromatic rings. The molecule has 0 bridgehead atoms. The minimum atomic E-state index is -1.04. The number of carboxylic acids is 1. The highest BCUT2D eigenvalue weighted by Crippen LogP contribution is 2.36. The quantitative estimate of drug-likeness (QED) is 0.821. The van der Waals surface area contributed by atoms with Crippen LogP contribution < -0.4 is 5.32 Å². The number of rotatable bonds is 5. The van der Waals surface area contributed by atoms with Crippen molar-refractivity contribution in [2.24, 2.45) is 5.41 Å². The van der Waals surface area contributed by atoms with Gasteiger partial charge in [0.05, 0.1) is 12.7 Å². The topological polar surface area (TPSA) is 80.0 Å². The van der Waals surface area contributed by atoms with Crippen LogP contribution in [-0.4, -0.2) is 38.7 Å². The molecule has 0 saturated heterocycles. The zero-order valence-electron chi connectivity index (χ0n) is 10.9. The van der Waals surface area contributed by atoms with Gasteiger partial charge in [0, 0.05) is 12.6 Å². The van der Waals surface area contributed by atoms with Crippen LogP contribution in [0.25, 0.3) is 0 Å². The number of carboxylic acid groups (broad SMARTS) is 1. The zero-order chi connectivity index (χ0) is 13.2. The van der Waals surface area contributed by atoms with Crippen molar-refractivity contribution in [1.82, 2.24) is 20.3 Å². The van der Waals surface area contributed by atoms with E-state index in [2.05, 4.69) is 29.5 Å². The van der Waals surface area contributed by atoms with E-state index < -0.39 is 5.97 Å². The lowest BCUT2D eigenvalue weighted by Crippen LogP contribution is -2.39. The standard InChI is InChI=1S/C12H20N4O2/c1-12(2)5-3-4-10(12)13-6-7-16-8-9(11(17)18)14-15-16/h8,10,13H,3-7H2,1-2H3,(H,17,18). The second-order valence-electron chi connectivity index (χ2n) is 5.56. The summed E-state index contributed by atoms with van der Waals surface area (Å²) in [5, 5.41) is 19.6. The lowest BCUT2D eigenvalue weighted by molar-refractivity contribution is 0.0690. The van der Waals surface area contributed by atoms with E-state index in [1.807, 2.05) is 0 Å². The Hall–Kier alpha value is -1.43. The fourth-order valence-corrected chi connectivity index (χ4v) is 2.56. The molecular weight excluding hydrogens is 232 g/mol. The Morgan fingerprint density at radius 2 is 2.44 bits per heavy atom. The maximum Gasteiger partial charge on any atom is 0.358 e. The van der Waals surface area contributed by atoms with Crippen molar-refractivity contribution in [3.05, 3.63) is 11.9 Å². The summed E-state index contributed by atoms with van der Waals surface area (Å²) in [7, 11) is 0. The first-order valence-electron chi connectivity index (χ1n) is 6.36. The largest absolute Gasteiger partial charge is 0.476 e. The molecule has 1 heterocycles. The summed E-state index contributed by atoms with van der Waals surface area (Å²) in [5.74, 6) is -1.04. The van der Waals surface area contributed by atoms with Gasteiger partial charge < -0.3 is 10.4 Å². The molecule has 0 spiro atoms. The zero-order valence-corrected chi connectivity index (χ0v) is 10.9. The lowest BCUT2D eigenvalue weighted by atomic mass is 9.87. The lowest BCUT2D eigenvalue weighted by Gasteiger charge is -2.27. The minimum Gasteiger partial charge on any atom is -0.476 e. The van der Waals surface area contributed by atoms with Gasteiger partial charge in [-0.25, -0.2) is 4.79 Å². The van der Waals surface area contributed by atoms with Crippen molar-refractivity contribution >= 4 is 5.97 Å². The van der Waals surface area contributed by atoms with Crippen LogP contribution in [0.2, 0.25) is 0 Å². The Labute approximate surface area is 106 Å². The van der Waals surface area contributed by atoms with Crippen molar-refractivity contribution in [2.45, 2.75) is 45.7 Å². The molecule has 6 nitrogen and oxygen atoms in total. The van der Waals surface area contributed by atoms with Gasteiger partial charge in [0.2, 0.25) is 0 Å².